The maximum atomic E-state index is 4.86. The molecule has 5 aromatic rings. The number of anilines is 1. The number of rotatable bonds is 4. The van der Waals surface area contributed by atoms with Crippen molar-refractivity contribution >= 4 is 32.9 Å². The zero-order chi connectivity index (χ0) is 19.5. The molecular formula is C27H20N2. The van der Waals surface area contributed by atoms with Crippen molar-refractivity contribution < 1.29 is 0 Å². The van der Waals surface area contributed by atoms with Gasteiger partial charge >= 0.3 is 0 Å². The van der Waals surface area contributed by atoms with E-state index in [0.717, 1.165) is 27.9 Å². The van der Waals surface area contributed by atoms with Crippen LogP contribution in [0.25, 0.3) is 21.5 Å². The number of fused-ring (bicyclic) bond motifs is 3. The monoisotopic (exact) mass is 372 g/mol. The molecule has 0 atom stereocenters. The average molecular weight is 372 g/mol. The van der Waals surface area contributed by atoms with Gasteiger partial charge in [-0.3, -0.25) is 5.43 Å². The van der Waals surface area contributed by atoms with Crippen molar-refractivity contribution in [3.05, 3.63) is 126 Å². The van der Waals surface area contributed by atoms with Crippen LogP contribution in [0.4, 0.5) is 5.69 Å². The van der Waals surface area contributed by atoms with Gasteiger partial charge in [-0.1, -0.05) is 109 Å². The SMILES string of the molecule is c1ccc(C(=NNc2cc3ccccc3c3ccccc23)c2ccccc2)cc1. The minimum Gasteiger partial charge on any atom is -0.277 e. The summed E-state index contributed by atoms with van der Waals surface area (Å²) in [6, 6.07) is 39.7. The van der Waals surface area contributed by atoms with Gasteiger partial charge in [-0.05, 0) is 22.2 Å². The molecule has 0 aliphatic carbocycles. The van der Waals surface area contributed by atoms with Crippen LogP contribution < -0.4 is 5.43 Å². The van der Waals surface area contributed by atoms with Crippen molar-refractivity contribution in [2.45, 2.75) is 0 Å². The van der Waals surface area contributed by atoms with E-state index in [9.17, 15) is 0 Å². The smallest absolute Gasteiger partial charge is 0.0977 e. The van der Waals surface area contributed by atoms with Gasteiger partial charge < -0.3 is 0 Å². The summed E-state index contributed by atoms with van der Waals surface area (Å²) in [7, 11) is 0. The lowest BCUT2D eigenvalue weighted by Crippen LogP contribution is -2.06. The Balaban J connectivity index is 1.66. The van der Waals surface area contributed by atoms with Crippen molar-refractivity contribution in [1.29, 1.82) is 0 Å². The van der Waals surface area contributed by atoms with E-state index in [4.69, 9.17) is 5.10 Å². The minimum absolute atomic E-state index is 0.920. The minimum atomic E-state index is 0.920. The molecule has 0 heterocycles. The third-order valence-corrected chi connectivity index (χ3v) is 5.15. The lowest BCUT2D eigenvalue weighted by molar-refractivity contribution is 1.34. The molecule has 0 amide bonds. The Kier molecular flexibility index (Phi) is 4.51. The lowest BCUT2D eigenvalue weighted by Gasteiger charge is -2.12. The number of hydrazone groups is 1. The average Bonchev–Trinajstić information content (AvgIpc) is 2.81. The molecule has 0 aliphatic heterocycles. The van der Waals surface area contributed by atoms with E-state index in [1.807, 2.05) is 36.4 Å². The summed E-state index contributed by atoms with van der Waals surface area (Å²) < 4.78 is 0. The van der Waals surface area contributed by atoms with E-state index in [-0.39, 0.29) is 0 Å². The molecule has 5 aromatic carbocycles. The van der Waals surface area contributed by atoms with E-state index >= 15 is 0 Å². The molecule has 0 saturated carbocycles. The van der Waals surface area contributed by atoms with Crippen molar-refractivity contribution in [3.8, 4) is 0 Å². The number of nitrogens with zero attached hydrogens (tertiary/aromatic N) is 1. The molecule has 0 radical (unpaired) electrons. The molecule has 2 heteroatoms. The Morgan fingerprint density at radius 2 is 1.03 bits per heavy atom. The molecule has 0 bridgehead atoms. The van der Waals surface area contributed by atoms with Gasteiger partial charge in [0, 0.05) is 16.5 Å². The van der Waals surface area contributed by atoms with E-state index in [1.54, 1.807) is 0 Å². The van der Waals surface area contributed by atoms with Gasteiger partial charge in [0.2, 0.25) is 0 Å². The first-order valence-corrected chi connectivity index (χ1v) is 9.75. The van der Waals surface area contributed by atoms with Crippen LogP contribution in [0.2, 0.25) is 0 Å². The van der Waals surface area contributed by atoms with Gasteiger partial charge in [0.05, 0.1) is 11.4 Å². The molecule has 0 aromatic heterocycles. The summed E-state index contributed by atoms with van der Waals surface area (Å²) in [6.07, 6.45) is 0. The maximum Gasteiger partial charge on any atom is 0.0977 e. The Hall–Kier alpha value is -3.91. The Morgan fingerprint density at radius 1 is 0.517 bits per heavy atom. The standard InChI is InChI=1S/C27H20N2/c1-3-11-20(12-4-1)27(21-13-5-2-6-14-21)29-28-26-19-22-15-7-8-16-23(22)24-17-9-10-18-25(24)26/h1-19,28H. The lowest BCUT2D eigenvalue weighted by atomic mass is 10.0. The molecule has 5 rings (SSSR count). The topological polar surface area (TPSA) is 24.4 Å². The highest BCUT2D eigenvalue weighted by molar-refractivity contribution is 6.15. The van der Waals surface area contributed by atoms with Crippen LogP contribution in [0.15, 0.2) is 120 Å². The molecule has 0 spiro atoms. The highest BCUT2D eigenvalue weighted by atomic mass is 15.3. The Bertz CT molecular complexity index is 1260. The van der Waals surface area contributed by atoms with Crippen LogP contribution in [-0.2, 0) is 0 Å². The van der Waals surface area contributed by atoms with E-state index < -0.39 is 0 Å². The maximum absolute atomic E-state index is 4.86. The molecule has 1 N–H and O–H groups in total. The van der Waals surface area contributed by atoms with Crippen LogP contribution in [0.3, 0.4) is 0 Å². The van der Waals surface area contributed by atoms with Crippen LogP contribution in [0.1, 0.15) is 11.1 Å². The van der Waals surface area contributed by atoms with Crippen LogP contribution in [-0.4, -0.2) is 5.71 Å². The Morgan fingerprint density at radius 3 is 1.69 bits per heavy atom. The van der Waals surface area contributed by atoms with Crippen LogP contribution in [0.5, 0.6) is 0 Å². The summed E-state index contributed by atoms with van der Waals surface area (Å²) >= 11 is 0. The Labute approximate surface area is 170 Å². The van der Waals surface area contributed by atoms with Crippen molar-refractivity contribution in [2.24, 2.45) is 5.10 Å². The third kappa shape index (κ3) is 3.37. The fraction of sp³-hybridized carbons (Fsp3) is 0. The molecule has 29 heavy (non-hydrogen) atoms. The summed E-state index contributed by atoms with van der Waals surface area (Å²) in [5, 5.41) is 9.70. The number of hydrogen-bond acceptors (Lipinski definition) is 2. The van der Waals surface area contributed by atoms with E-state index in [1.165, 1.54) is 16.2 Å². The second kappa shape index (κ2) is 7.61. The first-order chi connectivity index (χ1) is 14.4. The second-order valence-electron chi connectivity index (χ2n) is 7.00. The van der Waals surface area contributed by atoms with Gasteiger partial charge in [0.15, 0.2) is 0 Å². The van der Waals surface area contributed by atoms with Gasteiger partial charge in [-0.15, -0.1) is 0 Å². The third-order valence-electron chi connectivity index (χ3n) is 5.15. The van der Waals surface area contributed by atoms with Gasteiger partial charge in [-0.25, -0.2) is 0 Å². The first kappa shape index (κ1) is 17.2. The summed E-state index contributed by atoms with van der Waals surface area (Å²) in [5.74, 6) is 0. The molecule has 0 saturated heterocycles. The second-order valence-corrected chi connectivity index (χ2v) is 7.00. The number of nitrogens with one attached hydrogen (secondary N) is 1. The number of benzene rings is 5. The molecule has 0 unspecified atom stereocenters. The predicted octanol–water partition coefficient (Wildman–Crippen LogP) is 6.86. The largest absolute Gasteiger partial charge is 0.277 e. The first-order valence-electron chi connectivity index (χ1n) is 9.75. The van der Waals surface area contributed by atoms with Crippen molar-refractivity contribution in [1.82, 2.24) is 0 Å². The van der Waals surface area contributed by atoms with Gasteiger partial charge in [-0.2, -0.15) is 5.10 Å². The summed E-state index contributed by atoms with van der Waals surface area (Å²) in [4.78, 5) is 0. The summed E-state index contributed by atoms with van der Waals surface area (Å²) in [5.41, 5.74) is 7.45. The molecule has 0 fully saturated rings. The fourth-order valence-electron chi connectivity index (χ4n) is 3.75. The zero-order valence-corrected chi connectivity index (χ0v) is 15.9. The van der Waals surface area contributed by atoms with E-state index in [0.29, 0.717) is 0 Å². The molecular weight excluding hydrogens is 352 g/mol. The number of hydrogen-bond donors (Lipinski definition) is 1. The van der Waals surface area contributed by atoms with Gasteiger partial charge in [0.1, 0.15) is 0 Å². The molecule has 0 aliphatic rings. The van der Waals surface area contributed by atoms with Crippen LogP contribution in [0, 0.1) is 0 Å². The predicted molar refractivity (Wildman–Crippen MR) is 124 cm³/mol. The molecule has 2 nitrogen and oxygen atoms in total. The fourth-order valence-corrected chi connectivity index (χ4v) is 3.75. The normalized spacial score (nSPS) is 10.8. The summed E-state index contributed by atoms with van der Waals surface area (Å²) in [6.45, 7) is 0. The quantitative estimate of drug-likeness (QED) is 0.208. The van der Waals surface area contributed by atoms with Crippen molar-refractivity contribution in [2.75, 3.05) is 5.43 Å². The highest BCUT2D eigenvalue weighted by Gasteiger charge is 2.09. The highest BCUT2D eigenvalue weighted by Crippen LogP contribution is 2.32. The van der Waals surface area contributed by atoms with E-state index in [2.05, 4.69) is 84.3 Å². The zero-order valence-electron chi connectivity index (χ0n) is 15.9. The van der Waals surface area contributed by atoms with Crippen molar-refractivity contribution in [3.63, 3.8) is 0 Å². The van der Waals surface area contributed by atoms with Gasteiger partial charge in [0.25, 0.3) is 0 Å². The van der Waals surface area contributed by atoms with Crippen LogP contribution >= 0.6 is 0 Å². The molecule has 138 valence electrons.